The quantitative estimate of drug-likeness (QED) is 0.723. The van der Waals surface area contributed by atoms with E-state index in [1.54, 1.807) is 19.5 Å². The molecule has 1 unspecified atom stereocenters. The lowest BCUT2D eigenvalue weighted by Gasteiger charge is -2.25. The predicted octanol–water partition coefficient (Wildman–Crippen LogP) is 3.56. The first kappa shape index (κ1) is 19.2. The summed E-state index contributed by atoms with van der Waals surface area (Å²) in [7, 11) is 1.72. The number of methoxy groups -OCH3 is 1. The fourth-order valence-electron chi connectivity index (χ4n) is 4.14. The number of aryl methyl sites for hydroxylation is 3. The van der Waals surface area contributed by atoms with Gasteiger partial charge in [0.25, 0.3) is 5.91 Å². The second-order valence-corrected chi connectivity index (χ2v) is 7.66. The molecule has 3 heterocycles. The lowest BCUT2D eigenvalue weighted by molar-refractivity contribution is 0.0946. The van der Waals surface area contributed by atoms with Crippen molar-refractivity contribution in [2.24, 2.45) is 0 Å². The Morgan fingerprint density at radius 3 is 2.79 bits per heavy atom. The maximum Gasteiger partial charge on any atom is 0.271 e. The van der Waals surface area contributed by atoms with E-state index < -0.39 is 0 Å². The molecule has 0 fully saturated rings. The molecule has 3 aromatic rings. The van der Waals surface area contributed by atoms with Gasteiger partial charge < -0.3 is 14.6 Å². The number of pyridine rings is 1. The van der Waals surface area contributed by atoms with Crippen molar-refractivity contribution < 1.29 is 9.53 Å². The standard InChI is InChI=1S/C23H26N4O2/c1-15-9-19(10-16(2)22(15)29-3)18-6-7-21-26-20(14-27(21)13-18)23(28)25-12-17-5-4-8-24-11-17/h4-5,8-11,14,18H,6-7,12-13H2,1-3H3,(H,25,28). The van der Waals surface area contributed by atoms with Gasteiger partial charge in [0.2, 0.25) is 0 Å². The number of carbonyl (C=O) groups excluding carboxylic acids is 1. The third-order valence-corrected chi connectivity index (χ3v) is 5.56. The normalized spacial score (nSPS) is 15.6. The van der Waals surface area contributed by atoms with Crippen LogP contribution in [0.4, 0.5) is 0 Å². The lowest BCUT2D eigenvalue weighted by atomic mass is 9.89. The molecule has 2 aromatic heterocycles. The minimum atomic E-state index is -0.150. The van der Waals surface area contributed by atoms with Crippen LogP contribution in [0, 0.1) is 13.8 Å². The molecule has 1 aromatic carbocycles. The molecular formula is C23H26N4O2. The first-order chi connectivity index (χ1) is 14.0. The summed E-state index contributed by atoms with van der Waals surface area (Å²) in [5, 5.41) is 2.93. The van der Waals surface area contributed by atoms with Crippen LogP contribution in [0.2, 0.25) is 0 Å². The number of amides is 1. The van der Waals surface area contributed by atoms with E-state index in [2.05, 4.69) is 45.8 Å². The van der Waals surface area contributed by atoms with Gasteiger partial charge in [-0.05, 0) is 48.6 Å². The molecule has 1 N–H and O–H groups in total. The van der Waals surface area contributed by atoms with Crippen molar-refractivity contribution in [1.82, 2.24) is 19.9 Å². The minimum absolute atomic E-state index is 0.150. The van der Waals surface area contributed by atoms with E-state index in [-0.39, 0.29) is 5.91 Å². The van der Waals surface area contributed by atoms with Gasteiger partial charge in [-0.3, -0.25) is 9.78 Å². The number of nitrogens with one attached hydrogen (secondary N) is 1. The molecule has 1 atom stereocenters. The summed E-state index contributed by atoms with van der Waals surface area (Å²) in [6.07, 6.45) is 7.24. The number of carbonyl (C=O) groups is 1. The molecule has 6 nitrogen and oxygen atoms in total. The number of rotatable bonds is 5. The highest BCUT2D eigenvalue weighted by Crippen LogP contribution is 2.33. The van der Waals surface area contributed by atoms with Crippen LogP contribution in [0.5, 0.6) is 5.75 Å². The van der Waals surface area contributed by atoms with Crippen LogP contribution in [-0.2, 0) is 19.5 Å². The van der Waals surface area contributed by atoms with Gasteiger partial charge in [0, 0.05) is 44.0 Å². The summed E-state index contributed by atoms with van der Waals surface area (Å²) in [6, 6.07) is 8.24. The van der Waals surface area contributed by atoms with Gasteiger partial charge in [0.05, 0.1) is 7.11 Å². The Bertz CT molecular complexity index is 1000. The van der Waals surface area contributed by atoms with Crippen molar-refractivity contribution in [2.45, 2.75) is 45.7 Å². The average Bonchev–Trinajstić information content (AvgIpc) is 3.16. The highest BCUT2D eigenvalue weighted by molar-refractivity contribution is 5.92. The molecule has 1 aliphatic rings. The Balaban J connectivity index is 1.47. The average molecular weight is 390 g/mol. The van der Waals surface area contributed by atoms with E-state index in [0.717, 1.165) is 47.7 Å². The smallest absolute Gasteiger partial charge is 0.271 e. The van der Waals surface area contributed by atoms with Gasteiger partial charge in [-0.2, -0.15) is 0 Å². The maximum atomic E-state index is 12.5. The van der Waals surface area contributed by atoms with Crippen molar-refractivity contribution in [2.75, 3.05) is 7.11 Å². The predicted molar refractivity (Wildman–Crippen MR) is 111 cm³/mol. The van der Waals surface area contributed by atoms with Crippen molar-refractivity contribution >= 4 is 5.91 Å². The van der Waals surface area contributed by atoms with Crippen LogP contribution < -0.4 is 10.1 Å². The number of nitrogens with zero attached hydrogens (tertiary/aromatic N) is 3. The number of ether oxygens (including phenoxy) is 1. The van der Waals surface area contributed by atoms with Crippen molar-refractivity contribution in [3.63, 3.8) is 0 Å². The molecule has 0 bridgehead atoms. The van der Waals surface area contributed by atoms with E-state index >= 15 is 0 Å². The van der Waals surface area contributed by atoms with Gasteiger partial charge in [-0.25, -0.2) is 4.98 Å². The topological polar surface area (TPSA) is 69.0 Å². The number of hydrogen-bond donors (Lipinski definition) is 1. The molecular weight excluding hydrogens is 364 g/mol. The van der Waals surface area contributed by atoms with E-state index in [9.17, 15) is 4.79 Å². The van der Waals surface area contributed by atoms with Gasteiger partial charge in [-0.1, -0.05) is 18.2 Å². The summed E-state index contributed by atoms with van der Waals surface area (Å²) >= 11 is 0. The molecule has 0 aliphatic carbocycles. The summed E-state index contributed by atoms with van der Waals surface area (Å²) in [4.78, 5) is 21.2. The van der Waals surface area contributed by atoms with Crippen LogP contribution in [0.3, 0.4) is 0 Å². The third kappa shape index (κ3) is 4.01. The van der Waals surface area contributed by atoms with Crippen LogP contribution in [0.1, 0.15) is 50.9 Å². The largest absolute Gasteiger partial charge is 0.496 e. The molecule has 0 saturated carbocycles. The van der Waals surface area contributed by atoms with Crippen molar-refractivity contribution in [3.05, 3.63) is 76.6 Å². The summed E-state index contributed by atoms with van der Waals surface area (Å²) in [5.74, 6) is 2.20. The van der Waals surface area contributed by atoms with E-state index in [4.69, 9.17) is 4.74 Å². The molecule has 29 heavy (non-hydrogen) atoms. The summed E-state index contributed by atoms with van der Waals surface area (Å²) < 4.78 is 7.62. The summed E-state index contributed by atoms with van der Waals surface area (Å²) in [6.45, 7) is 5.46. The first-order valence-electron chi connectivity index (χ1n) is 9.93. The minimum Gasteiger partial charge on any atom is -0.496 e. The monoisotopic (exact) mass is 390 g/mol. The van der Waals surface area contributed by atoms with E-state index in [0.29, 0.717) is 18.2 Å². The highest BCUT2D eigenvalue weighted by Gasteiger charge is 2.24. The Labute approximate surface area is 171 Å². The fraction of sp³-hybridized carbons (Fsp3) is 0.348. The molecule has 0 spiro atoms. The van der Waals surface area contributed by atoms with Crippen molar-refractivity contribution in [1.29, 1.82) is 0 Å². The number of hydrogen-bond acceptors (Lipinski definition) is 4. The number of imidazole rings is 1. The number of aromatic nitrogens is 3. The van der Waals surface area contributed by atoms with Gasteiger partial charge in [0.1, 0.15) is 17.3 Å². The van der Waals surface area contributed by atoms with Gasteiger partial charge in [0.15, 0.2) is 0 Å². The van der Waals surface area contributed by atoms with Crippen LogP contribution in [0.15, 0.2) is 42.9 Å². The molecule has 4 rings (SSSR count). The zero-order chi connectivity index (χ0) is 20.4. The van der Waals surface area contributed by atoms with E-state index in [1.165, 1.54) is 5.56 Å². The molecule has 0 saturated heterocycles. The molecule has 1 amide bonds. The van der Waals surface area contributed by atoms with Crippen LogP contribution >= 0.6 is 0 Å². The van der Waals surface area contributed by atoms with Crippen molar-refractivity contribution in [3.8, 4) is 5.75 Å². The highest BCUT2D eigenvalue weighted by atomic mass is 16.5. The number of fused-ring (bicyclic) bond motifs is 1. The maximum absolute atomic E-state index is 12.5. The Morgan fingerprint density at radius 2 is 2.10 bits per heavy atom. The third-order valence-electron chi connectivity index (χ3n) is 5.56. The Hall–Kier alpha value is -3.15. The van der Waals surface area contributed by atoms with E-state index in [1.807, 2.05) is 18.3 Å². The molecule has 150 valence electrons. The zero-order valence-electron chi connectivity index (χ0n) is 17.1. The zero-order valence-corrected chi connectivity index (χ0v) is 17.1. The SMILES string of the molecule is COc1c(C)cc(C2CCc3nc(C(=O)NCc4cccnc4)cn3C2)cc1C. The lowest BCUT2D eigenvalue weighted by Crippen LogP contribution is -2.23. The Kier molecular flexibility index (Phi) is 5.34. The molecule has 0 radical (unpaired) electrons. The van der Waals surface area contributed by atoms with Crippen LogP contribution in [0.25, 0.3) is 0 Å². The first-order valence-corrected chi connectivity index (χ1v) is 9.93. The second-order valence-electron chi connectivity index (χ2n) is 7.66. The second kappa shape index (κ2) is 8.07. The van der Waals surface area contributed by atoms with Crippen LogP contribution in [-0.4, -0.2) is 27.6 Å². The molecule has 1 aliphatic heterocycles. The fourth-order valence-corrected chi connectivity index (χ4v) is 4.14. The Morgan fingerprint density at radius 1 is 1.31 bits per heavy atom. The van der Waals surface area contributed by atoms with Gasteiger partial charge in [-0.15, -0.1) is 0 Å². The number of benzene rings is 1. The van der Waals surface area contributed by atoms with Gasteiger partial charge >= 0.3 is 0 Å². The summed E-state index contributed by atoms with van der Waals surface area (Å²) in [5.41, 5.74) is 5.09. The molecule has 6 heteroatoms.